The lowest BCUT2D eigenvalue weighted by Gasteiger charge is -2.22. The van der Waals surface area contributed by atoms with Gasteiger partial charge in [0.25, 0.3) is 0 Å². The molecule has 2 heterocycles. The first-order valence-corrected chi connectivity index (χ1v) is 17.4. The summed E-state index contributed by atoms with van der Waals surface area (Å²) >= 11 is 0. The fourth-order valence-corrected chi connectivity index (χ4v) is 8.63. The average molecular weight is 522 g/mol. The molecule has 39 heavy (non-hydrogen) atoms. The van der Waals surface area contributed by atoms with Crippen molar-refractivity contribution in [2.75, 3.05) is 0 Å². The van der Waals surface area contributed by atoms with Gasteiger partial charge in [-0.15, -0.1) is 0 Å². The fourth-order valence-electron chi connectivity index (χ4n) is 7.16. The third kappa shape index (κ3) is 2.91. The molecule has 5 aromatic carbocycles. The van der Waals surface area contributed by atoms with Crippen molar-refractivity contribution in [3.8, 4) is 16.8 Å². The number of nitrogens with zero attached hydrogens (tertiary/aromatic N) is 1. The fraction of sp³-hybridized carbons (Fsp3) is 0.167. The van der Waals surface area contributed by atoms with Gasteiger partial charge in [-0.25, -0.2) is 0 Å². The molecule has 0 unspecified atom stereocenters. The van der Waals surface area contributed by atoms with Gasteiger partial charge in [-0.05, 0) is 45.6 Å². The van der Waals surface area contributed by atoms with E-state index in [1.54, 1.807) is 0 Å². The summed E-state index contributed by atoms with van der Waals surface area (Å²) in [6.07, 6.45) is 0. The van der Waals surface area contributed by atoms with E-state index in [0.717, 1.165) is 16.9 Å². The van der Waals surface area contributed by atoms with Gasteiger partial charge in [-0.3, -0.25) is 0 Å². The van der Waals surface area contributed by atoms with E-state index in [2.05, 4.69) is 135 Å². The van der Waals surface area contributed by atoms with E-state index < -0.39 is 8.07 Å². The van der Waals surface area contributed by atoms with E-state index in [1.165, 1.54) is 60.0 Å². The summed E-state index contributed by atoms with van der Waals surface area (Å²) in [7, 11) is -1.59. The van der Waals surface area contributed by atoms with E-state index in [1.807, 2.05) is 0 Å². The molecule has 0 radical (unpaired) electrons. The molecule has 1 aliphatic rings. The molecule has 2 nitrogen and oxygen atoms in total. The predicted octanol–water partition coefficient (Wildman–Crippen LogP) is 9.53. The van der Waals surface area contributed by atoms with E-state index >= 15 is 0 Å². The monoisotopic (exact) mass is 521 g/mol. The summed E-state index contributed by atoms with van der Waals surface area (Å²) in [6, 6.07) is 35.7. The summed E-state index contributed by atoms with van der Waals surface area (Å²) in [6.45, 7) is 11.9. The van der Waals surface area contributed by atoms with Crippen molar-refractivity contribution in [3.63, 3.8) is 0 Å². The zero-order valence-corrected chi connectivity index (χ0v) is 24.1. The minimum atomic E-state index is -1.59. The molecule has 0 aliphatic heterocycles. The van der Waals surface area contributed by atoms with Crippen LogP contribution in [-0.4, -0.2) is 12.6 Å². The summed E-state index contributed by atoms with van der Waals surface area (Å²) < 4.78 is 9.29. The number of hydrogen-bond donors (Lipinski definition) is 0. The van der Waals surface area contributed by atoms with Crippen molar-refractivity contribution in [2.45, 2.75) is 38.9 Å². The number of para-hydroxylation sites is 3. The second-order valence-corrected chi connectivity index (χ2v) is 17.6. The molecular formula is C36H31NOSi. The number of rotatable bonds is 2. The lowest BCUT2D eigenvalue weighted by Crippen LogP contribution is -2.37. The average Bonchev–Trinajstić information content (AvgIpc) is 3.54. The summed E-state index contributed by atoms with van der Waals surface area (Å²) in [5.41, 5.74) is 11.0. The standard InChI is InChI=1S/C36H31NOSi/c1-36(2)27-16-8-6-12-22(27)23-20-21-29-32(33(23)36)26-13-7-9-17-28(26)37(29)30-18-10-14-24-25-15-11-19-31(39(3,4)5)35(25)38-34(24)30/h6-21H,1-5H3. The molecule has 0 atom stereocenters. The van der Waals surface area contributed by atoms with Gasteiger partial charge in [-0.2, -0.15) is 0 Å². The van der Waals surface area contributed by atoms with Gasteiger partial charge >= 0.3 is 0 Å². The largest absolute Gasteiger partial charge is 0.454 e. The van der Waals surface area contributed by atoms with E-state index in [-0.39, 0.29) is 5.41 Å². The highest BCUT2D eigenvalue weighted by atomic mass is 28.3. The Bertz CT molecular complexity index is 2130. The molecule has 0 saturated carbocycles. The molecule has 0 spiro atoms. The highest BCUT2D eigenvalue weighted by Gasteiger charge is 2.38. The van der Waals surface area contributed by atoms with Crippen LogP contribution in [0.1, 0.15) is 25.0 Å². The minimum absolute atomic E-state index is 0.0853. The van der Waals surface area contributed by atoms with E-state index in [0.29, 0.717) is 0 Å². The Morgan fingerprint density at radius 2 is 1.31 bits per heavy atom. The Balaban J connectivity index is 1.52. The number of hydrogen-bond acceptors (Lipinski definition) is 1. The van der Waals surface area contributed by atoms with Crippen LogP contribution in [0.3, 0.4) is 0 Å². The van der Waals surface area contributed by atoms with Crippen molar-refractivity contribution < 1.29 is 4.42 Å². The maximum Gasteiger partial charge on any atom is 0.159 e. The number of benzene rings is 5. The molecule has 190 valence electrons. The smallest absolute Gasteiger partial charge is 0.159 e. The highest BCUT2D eigenvalue weighted by Crippen LogP contribution is 2.53. The highest BCUT2D eigenvalue weighted by molar-refractivity contribution is 6.90. The Labute approximate surface area is 229 Å². The molecule has 7 aromatic rings. The molecule has 0 fully saturated rings. The van der Waals surface area contributed by atoms with Crippen LogP contribution in [0.15, 0.2) is 101 Å². The molecular weight excluding hydrogens is 490 g/mol. The lowest BCUT2D eigenvalue weighted by atomic mass is 9.80. The molecule has 8 rings (SSSR count). The van der Waals surface area contributed by atoms with Gasteiger partial charge in [0.05, 0.1) is 24.8 Å². The predicted molar refractivity (Wildman–Crippen MR) is 169 cm³/mol. The van der Waals surface area contributed by atoms with Crippen molar-refractivity contribution in [1.29, 1.82) is 0 Å². The Morgan fingerprint density at radius 1 is 0.615 bits per heavy atom. The molecule has 0 saturated heterocycles. The van der Waals surface area contributed by atoms with Crippen LogP contribution in [0.4, 0.5) is 0 Å². The number of fused-ring (bicyclic) bond motifs is 10. The first-order valence-electron chi connectivity index (χ1n) is 13.9. The third-order valence-corrected chi connectivity index (χ3v) is 10.9. The van der Waals surface area contributed by atoms with Crippen molar-refractivity contribution in [1.82, 2.24) is 4.57 Å². The second-order valence-electron chi connectivity index (χ2n) is 12.6. The van der Waals surface area contributed by atoms with Crippen LogP contribution in [0.5, 0.6) is 0 Å². The van der Waals surface area contributed by atoms with Gasteiger partial charge in [0.1, 0.15) is 5.58 Å². The molecule has 1 aliphatic carbocycles. The summed E-state index contributed by atoms with van der Waals surface area (Å²) in [4.78, 5) is 0. The van der Waals surface area contributed by atoms with Gasteiger partial charge in [0.2, 0.25) is 0 Å². The van der Waals surface area contributed by atoms with Gasteiger partial charge in [-0.1, -0.05) is 112 Å². The van der Waals surface area contributed by atoms with E-state index in [9.17, 15) is 0 Å². The number of furan rings is 1. The SMILES string of the molecule is CC1(C)c2ccccc2-c2ccc3c(c21)c1ccccc1n3-c1cccc2c1oc1c([Si](C)(C)C)cccc12. The minimum Gasteiger partial charge on any atom is -0.454 e. The first-order chi connectivity index (χ1) is 18.8. The Morgan fingerprint density at radius 3 is 2.13 bits per heavy atom. The van der Waals surface area contributed by atoms with E-state index in [4.69, 9.17) is 4.42 Å². The maximum absolute atomic E-state index is 6.86. The Hall–Kier alpha value is -4.08. The van der Waals surface area contributed by atoms with Gasteiger partial charge in [0.15, 0.2) is 5.58 Å². The Kier molecular flexibility index (Phi) is 4.41. The topological polar surface area (TPSA) is 18.1 Å². The normalized spacial score (nSPS) is 14.5. The second kappa shape index (κ2) is 7.52. The third-order valence-electron chi connectivity index (χ3n) is 8.91. The summed E-state index contributed by atoms with van der Waals surface area (Å²) in [5.74, 6) is 0. The lowest BCUT2D eigenvalue weighted by molar-refractivity contribution is 0.666. The van der Waals surface area contributed by atoms with Crippen molar-refractivity contribution in [3.05, 3.63) is 108 Å². The quantitative estimate of drug-likeness (QED) is 0.207. The van der Waals surface area contributed by atoms with Gasteiger partial charge < -0.3 is 8.98 Å². The van der Waals surface area contributed by atoms with Crippen LogP contribution >= 0.6 is 0 Å². The molecule has 2 aromatic heterocycles. The first kappa shape index (κ1) is 22.9. The maximum atomic E-state index is 6.86. The van der Waals surface area contributed by atoms with Crippen LogP contribution in [0.25, 0.3) is 60.6 Å². The zero-order chi connectivity index (χ0) is 26.7. The van der Waals surface area contributed by atoms with Crippen molar-refractivity contribution in [2.24, 2.45) is 0 Å². The number of aromatic nitrogens is 1. The molecule has 3 heteroatoms. The molecule has 0 amide bonds. The van der Waals surface area contributed by atoms with Crippen LogP contribution in [0.2, 0.25) is 19.6 Å². The summed E-state index contributed by atoms with van der Waals surface area (Å²) in [5, 5.41) is 6.41. The molecule has 0 N–H and O–H groups in total. The molecule has 0 bridgehead atoms. The van der Waals surface area contributed by atoms with Crippen LogP contribution in [0, 0.1) is 0 Å². The zero-order valence-electron chi connectivity index (χ0n) is 23.1. The van der Waals surface area contributed by atoms with Gasteiger partial charge in [0, 0.05) is 27.0 Å². The van der Waals surface area contributed by atoms with Crippen LogP contribution < -0.4 is 5.19 Å². The van der Waals surface area contributed by atoms with Crippen LogP contribution in [-0.2, 0) is 5.41 Å². The van der Waals surface area contributed by atoms with Crippen molar-refractivity contribution >= 4 is 57.0 Å².